The van der Waals surface area contributed by atoms with E-state index < -0.39 is 10.0 Å². The Kier molecular flexibility index (Phi) is 6.84. The summed E-state index contributed by atoms with van der Waals surface area (Å²) in [5, 5.41) is 4.84. The van der Waals surface area contributed by atoms with E-state index in [4.69, 9.17) is 0 Å². The first-order chi connectivity index (χ1) is 13.1. The van der Waals surface area contributed by atoms with E-state index in [0.29, 0.717) is 17.4 Å². The van der Waals surface area contributed by atoms with Crippen LogP contribution in [-0.2, 0) is 10.0 Å². The molecule has 0 spiro atoms. The molecule has 148 valence electrons. The molecule has 0 bridgehead atoms. The van der Waals surface area contributed by atoms with Crippen LogP contribution in [-0.4, -0.2) is 37.5 Å². The lowest BCUT2D eigenvalue weighted by molar-refractivity contribution is 0.167. The summed E-state index contributed by atoms with van der Waals surface area (Å²) in [7, 11) is -1.70. The fourth-order valence-electron chi connectivity index (χ4n) is 4.13. The van der Waals surface area contributed by atoms with Crippen molar-refractivity contribution in [2.24, 2.45) is 5.92 Å². The minimum absolute atomic E-state index is 0.142. The first kappa shape index (κ1) is 20.2. The highest BCUT2D eigenvalue weighted by Gasteiger charge is 2.36. The van der Waals surface area contributed by atoms with Crippen LogP contribution >= 0.6 is 0 Å². The van der Waals surface area contributed by atoms with Crippen molar-refractivity contribution in [3.05, 3.63) is 36.7 Å². The molecule has 0 aliphatic carbocycles. The standard InChI is InChI=1S/C21H31N3O2S/c1-3-4-5-6-8-17-12-14-24(21(15-17)22-2)27(25,26)20-10-7-9-18-16-23-13-11-19(18)20/h7,9-11,13,16-17,21-22H,3-6,8,12,14-15H2,1-2H3. The molecule has 1 aliphatic heterocycles. The van der Waals surface area contributed by atoms with Crippen molar-refractivity contribution in [3.63, 3.8) is 0 Å². The zero-order valence-electron chi connectivity index (χ0n) is 16.4. The molecular formula is C21H31N3O2S. The average Bonchev–Trinajstić information content (AvgIpc) is 2.70. The van der Waals surface area contributed by atoms with E-state index in [1.165, 1.54) is 32.1 Å². The number of nitrogens with one attached hydrogen (secondary N) is 1. The van der Waals surface area contributed by atoms with Gasteiger partial charge in [0.15, 0.2) is 0 Å². The van der Waals surface area contributed by atoms with Crippen LogP contribution in [0, 0.1) is 5.92 Å². The summed E-state index contributed by atoms with van der Waals surface area (Å²) >= 11 is 0. The van der Waals surface area contributed by atoms with Crippen molar-refractivity contribution in [2.45, 2.75) is 62.9 Å². The second-order valence-corrected chi connectivity index (χ2v) is 9.37. The van der Waals surface area contributed by atoms with Gasteiger partial charge < -0.3 is 5.32 Å². The molecule has 2 unspecified atom stereocenters. The molecular weight excluding hydrogens is 358 g/mol. The van der Waals surface area contributed by atoms with Gasteiger partial charge in [-0.15, -0.1) is 0 Å². The molecule has 0 radical (unpaired) electrons. The summed E-state index contributed by atoms with van der Waals surface area (Å²) in [6.07, 6.45) is 11.3. The van der Waals surface area contributed by atoms with Crippen LogP contribution in [0.25, 0.3) is 10.8 Å². The Balaban J connectivity index is 1.78. The molecule has 1 aromatic carbocycles. The van der Waals surface area contributed by atoms with Gasteiger partial charge in [-0.2, -0.15) is 4.31 Å². The molecule has 2 atom stereocenters. The van der Waals surface area contributed by atoms with Crippen LogP contribution < -0.4 is 5.32 Å². The molecule has 1 aromatic heterocycles. The maximum absolute atomic E-state index is 13.4. The van der Waals surface area contributed by atoms with Gasteiger partial charge in [-0.3, -0.25) is 4.98 Å². The van der Waals surface area contributed by atoms with E-state index in [1.807, 2.05) is 13.1 Å². The Morgan fingerprint density at radius 1 is 1.22 bits per heavy atom. The Morgan fingerprint density at radius 3 is 2.85 bits per heavy atom. The van der Waals surface area contributed by atoms with Gasteiger partial charge in [-0.25, -0.2) is 8.42 Å². The van der Waals surface area contributed by atoms with Gasteiger partial charge >= 0.3 is 0 Å². The number of pyridine rings is 1. The van der Waals surface area contributed by atoms with Gasteiger partial charge in [0, 0.05) is 29.7 Å². The molecule has 0 saturated carbocycles. The number of piperidine rings is 1. The van der Waals surface area contributed by atoms with Crippen molar-refractivity contribution in [2.75, 3.05) is 13.6 Å². The first-order valence-electron chi connectivity index (χ1n) is 10.1. The van der Waals surface area contributed by atoms with E-state index in [1.54, 1.807) is 34.9 Å². The SMILES string of the molecule is CCCCCCC1CCN(S(=O)(=O)c2cccc3cnccc23)C(NC)C1. The van der Waals surface area contributed by atoms with Gasteiger partial charge in [0.05, 0.1) is 11.1 Å². The van der Waals surface area contributed by atoms with Gasteiger partial charge in [0.2, 0.25) is 10.0 Å². The van der Waals surface area contributed by atoms with Crippen molar-refractivity contribution >= 4 is 20.8 Å². The van der Waals surface area contributed by atoms with Crippen LogP contribution in [0.2, 0.25) is 0 Å². The van der Waals surface area contributed by atoms with Crippen molar-refractivity contribution in [1.82, 2.24) is 14.6 Å². The lowest BCUT2D eigenvalue weighted by Crippen LogP contribution is -2.52. The maximum atomic E-state index is 13.4. The second-order valence-electron chi connectivity index (χ2n) is 7.51. The minimum atomic E-state index is -3.56. The molecule has 5 nitrogen and oxygen atoms in total. The normalized spacial score (nSPS) is 21.6. The molecule has 27 heavy (non-hydrogen) atoms. The molecule has 1 N–H and O–H groups in total. The number of fused-ring (bicyclic) bond motifs is 1. The average molecular weight is 390 g/mol. The topological polar surface area (TPSA) is 62.3 Å². The summed E-state index contributed by atoms with van der Waals surface area (Å²) in [5.41, 5.74) is 0. The Bertz CT molecular complexity index is 848. The maximum Gasteiger partial charge on any atom is 0.245 e. The van der Waals surface area contributed by atoms with Crippen LogP contribution in [0.4, 0.5) is 0 Å². The van der Waals surface area contributed by atoms with Crippen LogP contribution in [0.1, 0.15) is 51.9 Å². The lowest BCUT2D eigenvalue weighted by Gasteiger charge is -2.38. The van der Waals surface area contributed by atoms with E-state index in [2.05, 4.69) is 17.2 Å². The monoisotopic (exact) mass is 389 g/mol. The smallest absolute Gasteiger partial charge is 0.245 e. The number of sulfonamides is 1. The van der Waals surface area contributed by atoms with E-state index in [0.717, 1.165) is 23.6 Å². The minimum Gasteiger partial charge on any atom is -0.304 e. The van der Waals surface area contributed by atoms with Gasteiger partial charge in [-0.1, -0.05) is 51.2 Å². The van der Waals surface area contributed by atoms with Crippen LogP contribution in [0.5, 0.6) is 0 Å². The second kappa shape index (κ2) is 9.13. The van der Waals surface area contributed by atoms with E-state index in [9.17, 15) is 8.42 Å². The molecule has 1 aliphatic rings. The summed E-state index contributed by atoms with van der Waals surface area (Å²) in [4.78, 5) is 4.49. The molecule has 6 heteroatoms. The molecule has 1 fully saturated rings. The molecule has 2 aromatic rings. The fourth-order valence-corrected chi connectivity index (χ4v) is 5.97. The summed E-state index contributed by atoms with van der Waals surface area (Å²) < 4.78 is 28.5. The predicted octanol–water partition coefficient (Wildman–Crippen LogP) is 4.15. The summed E-state index contributed by atoms with van der Waals surface area (Å²) in [6, 6.07) is 7.20. The molecule has 3 rings (SSSR count). The Labute approximate surface area is 163 Å². The molecule has 0 amide bonds. The molecule has 2 heterocycles. The fraction of sp³-hybridized carbons (Fsp3) is 0.571. The quantitative estimate of drug-likeness (QED) is 0.689. The third-order valence-corrected chi connectivity index (χ3v) is 7.65. The zero-order valence-corrected chi connectivity index (χ0v) is 17.2. The number of benzene rings is 1. The van der Waals surface area contributed by atoms with Crippen molar-refractivity contribution in [3.8, 4) is 0 Å². The van der Waals surface area contributed by atoms with Gasteiger partial charge in [0.25, 0.3) is 0 Å². The highest BCUT2D eigenvalue weighted by Crippen LogP contribution is 2.32. The first-order valence-corrected chi connectivity index (χ1v) is 11.5. The predicted molar refractivity (Wildman–Crippen MR) is 110 cm³/mol. The largest absolute Gasteiger partial charge is 0.304 e. The van der Waals surface area contributed by atoms with Gasteiger partial charge in [-0.05, 0) is 37.9 Å². The zero-order chi connectivity index (χ0) is 19.3. The number of nitrogens with zero attached hydrogens (tertiary/aromatic N) is 2. The van der Waals surface area contributed by atoms with Crippen LogP contribution in [0.15, 0.2) is 41.6 Å². The number of aromatic nitrogens is 1. The van der Waals surface area contributed by atoms with E-state index >= 15 is 0 Å². The Hall–Kier alpha value is -1.50. The lowest BCUT2D eigenvalue weighted by atomic mass is 9.90. The summed E-state index contributed by atoms with van der Waals surface area (Å²) in [6.45, 7) is 2.80. The van der Waals surface area contributed by atoms with Crippen LogP contribution in [0.3, 0.4) is 0 Å². The summed E-state index contributed by atoms with van der Waals surface area (Å²) in [5.74, 6) is 0.600. The third-order valence-electron chi connectivity index (χ3n) is 5.69. The van der Waals surface area contributed by atoms with Crippen molar-refractivity contribution < 1.29 is 8.42 Å². The number of hydrogen-bond donors (Lipinski definition) is 1. The number of unbranched alkanes of at least 4 members (excludes halogenated alkanes) is 3. The highest BCUT2D eigenvalue weighted by molar-refractivity contribution is 7.89. The molecule has 1 saturated heterocycles. The Morgan fingerprint density at radius 2 is 2.07 bits per heavy atom. The van der Waals surface area contributed by atoms with E-state index in [-0.39, 0.29) is 6.17 Å². The van der Waals surface area contributed by atoms with Gasteiger partial charge in [0.1, 0.15) is 0 Å². The number of rotatable bonds is 8. The highest BCUT2D eigenvalue weighted by atomic mass is 32.2. The number of hydrogen-bond acceptors (Lipinski definition) is 4. The van der Waals surface area contributed by atoms with Crippen molar-refractivity contribution in [1.29, 1.82) is 0 Å². The third kappa shape index (κ3) is 4.50.